The number of hydrogen-bond acceptors (Lipinski definition) is 6. The van der Waals surface area contributed by atoms with Crippen molar-refractivity contribution >= 4 is 17.3 Å². The van der Waals surface area contributed by atoms with Gasteiger partial charge in [0.05, 0.1) is 19.2 Å². The van der Waals surface area contributed by atoms with E-state index in [1.165, 1.54) is 11.3 Å². The summed E-state index contributed by atoms with van der Waals surface area (Å²) in [6.07, 6.45) is 0.822. The van der Waals surface area contributed by atoms with Gasteiger partial charge in [0, 0.05) is 23.9 Å². The first kappa shape index (κ1) is 21.3. The Balaban J connectivity index is 1.54. The Hall–Kier alpha value is -2.91. The summed E-state index contributed by atoms with van der Waals surface area (Å²) in [5, 5.41) is 28.1. The molecule has 2 atom stereocenters. The highest BCUT2D eigenvalue weighted by Crippen LogP contribution is 2.31. The Labute approximate surface area is 186 Å². The normalized spacial score (nSPS) is 18.1. The van der Waals surface area contributed by atoms with Crippen molar-refractivity contribution in [3.05, 3.63) is 63.9 Å². The van der Waals surface area contributed by atoms with Crippen LogP contribution in [0.1, 0.15) is 41.5 Å². The van der Waals surface area contributed by atoms with Crippen LogP contribution in [0.4, 0.5) is 0 Å². The van der Waals surface area contributed by atoms with E-state index in [-0.39, 0.29) is 6.04 Å². The number of ether oxygens (including phenoxy) is 1. The molecule has 3 heterocycles. The molecule has 0 saturated carbocycles. The molecule has 1 aliphatic heterocycles. The summed E-state index contributed by atoms with van der Waals surface area (Å²) in [7, 11) is 1.93. The molecule has 0 bridgehead atoms. The number of nitrogens with one attached hydrogen (secondary N) is 2. The second-order valence-electron chi connectivity index (χ2n) is 7.86. The lowest BCUT2D eigenvalue weighted by atomic mass is 10.0. The molecule has 0 fully saturated rings. The van der Waals surface area contributed by atoms with Crippen LogP contribution in [0.3, 0.4) is 0 Å². The number of aliphatic hydroxyl groups is 1. The third kappa shape index (κ3) is 4.88. The molecule has 3 N–H and O–H groups in total. The van der Waals surface area contributed by atoms with Crippen molar-refractivity contribution in [1.29, 1.82) is 0 Å². The van der Waals surface area contributed by atoms with E-state index in [0.29, 0.717) is 25.7 Å². The second-order valence-corrected chi connectivity index (χ2v) is 8.81. The van der Waals surface area contributed by atoms with Gasteiger partial charge in [0.15, 0.2) is 11.8 Å². The summed E-state index contributed by atoms with van der Waals surface area (Å²) in [4.78, 5) is 5.64. The molecule has 0 aliphatic carbocycles. The van der Waals surface area contributed by atoms with E-state index in [0.717, 1.165) is 34.3 Å². The zero-order chi connectivity index (χ0) is 21.8. The minimum absolute atomic E-state index is 0.0594. The van der Waals surface area contributed by atoms with Gasteiger partial charge >= 0.3 is 0 Å². The average molecular weight is 441 g/mol. The Morgan fingerprint density at radius 2 is 2.16 bits per heavy atom. The number of nitrogens with zero attached hydrogens (tertiary/aromatic N) is 4. The molecule has 164 valence electrons. The molecule has 3 aromatic rings. The van der Waals surface area contributed by atoms with E-state index in [4.69, 9.17) is 9.73 Å². The minimum atomic E-state index is -1.01. The van der Waals surface area contributed by atoms with Crippen LogP contribution in [-0.2, 0) is 19.2 Å². The highest BCUT2D eigenvalue weighted by Gasteiger charge is 2.26. The van der Waals surface area contributed by atoms with Crippen molar-refractivity contribution in [1.82, 2.24) is 25.4 Å². The standard InChI is InChI=1S/C22H28N6O2S/c1-15-26-27-20(28(15)3)13-23-21(24-14-22(2,29)19-9-6-12-31-19)25-17-10-11-30-18-8-5-4-7-16(17)18/h4-9,12,17,29H,10-11,13-14H2,1-3H3,(H2,23,24,25). The van der Waals surface area contributed by atoms with Crippen LogP contribution in [0.2, 0.25) is 0 Å². The summed E-state index contributed by atoms with van der Waals surface area (Å²) in [5.74, 6) is 3.11. The van der Waals surface area contributed by atoms with Crippen LogP contribution in [-0.4, -0.2) is 39.0 Å². The number of guanidine groups is 1. The fourth-order valence-electron chi connectivity index (χ4n) is 3.48. The highest BCUT2D eigenvalue weighted by molar-refractivity contribution is 7.10. The predicted molar refractivity (Wildman–Crippen MR) is 121 cm³/mol. The molecule has 9 heteroatoms. The van der Waals surface area contributed by atoms with E-state index in [2.05, 4.69) is 26.9 Å². The fourth-order valence-corrected chi connectivity index (χ4v) is 4.26. The summed E-state index contributed by atoms with van der Waals surface area (Å²) >= 11 is 1.53. The van der Waals surface area contributed by atoms with Crippen molar-refractivity contribution < 1.29 is 9.84 Å². The first-order valence-electron chi connectivity index (χ1n) is 10.3. The number of benzene rings is 1. The molecule has 0 amide bonds. The van der Waals surface area contributed by atoms with Crippen LogP contribution in [0, 0.1) is 6.92 Å². The quantitative estimate of drug-likeness (QED) is 0.403. The topological polar surface area (TPSA) is 96.6 Å². The van der Waals surface area contributed by atoms with E-state index < -0.39 is 5.60 Å². The van der Waals surface area contributed by atoms with Gasteiger partial charge < -0.3 is 25.0 Å². The molecule has 31 heavy (non-hydrogen) atoms. The second kappa shape index (κ2) is 9.07. The number of aromatic nitrogens is 3. The Morgan fingerprint density at radius 3 is 2.90 bits per heavy atom. The van der Waals surface area contributed by atoms with Crippen molar-refractivity contribution in [3.8, 4) is 5.75 Å². The number of para-hydroxylation sites is 1. The molecule has 2 aromatic heterocycles. The van der Waals surface area contributed by atoms with Gasteiger partial charge in [-0.1, -0.05) is 24.3 Å². The van der Waals surface area contributed by atoms with Crippen molar-refractivity contribution in [3.63, 3.8) is 0 Å². The van der Waals surface area contributed by atoms with E-state index in [1.54, 1.807) is 6.92 Å². The van der Waals surface area contributed by atoms with Crippen LogP contribution in [0.25, 0.3) is 0 Å². The van der Waals surface area contributed by atoms with Gasteiger partial charge in [0.1, 0.15) is 23.7 Å². The van der Waals surface area contributed by atoms with Crippen LogP contribution < -0.4 is 15.4 Å². The van der Waals surface area contributed by atoms with E-state index in [1.807, 2.05) is 54.3 Å². The number of thiophene rings is 1. The molecular weight excluding hydrogens is 412 g/mol. The summed E-state index contributed by atoms with van der Waals surface area (Å²) in [6, 6.07) is 12.0. The van der Waals surface area contributed by atoms with Crippen LogP contribution in [0.5, 0.6) is 5.75 Å². The van der Waals surface area contributed by atoms with Crippen molar-refractivity contribution in [2.45, 2.75) is 38.5 Å². The number of hydrogen-bond donors (Lipinski definition) is 3. The maximum absolute atomic E-state index is 10.9. The first-order chi connectivity index (χ1) is 14.9. The van der Waals surface area contributed by atoms with Gasteiger partial charge in [-0.3, -0.25) is 0 Å². The van der Waals surface area contributed by atoms with Gasteiger partial charge in [-0.05, 0) is 31.4 Å². The molecule has 0 radical (unpaired) electrons. The molecule has 1 aliphatic rings. The van der Waals surface area contributed by atoms with Gasteiger partial charge in [-0.15, -0.1) is 21.5 Å². The van der Waals surface area contributed by atoms with Crippen molar-refractivity contribution in [2.75, 3.05) is 13.2 Å². The van der Waals surface area contributed by atoms with Crippen LogP contribution >= 0.6 is 11.3 Å². The lowest BCUT2D eigenvalue weighted by Crippen LogP contribution is -2.46. The lowest BCUT2D eigenvalue weighted by Gasteiger charge is -2.29. The Bertz CT molecular complexity index is 1040. The third-order valence-corrected chi connectivity index (χ3v) is 6.61. The molecule has 8 nitrogen and oxygen atoms in total. The molecule has 2 unspecified atom stereocenters. The number of fused-ring (bicyclic) bond motifs is 1. The fraction of sp³-hybridized carbons (Fsp3) is 0.409. The smallest absolute Gasteiger partial charge is 0.192 e. The van der Waals surface area contributed by atoms with Gasteiger partial charge in [-0.2, -0.15) is 0 Å². The third-order valence-electron chi connectivity index (χ3n) is 5.48. The number of aryl methyl sites for hydroxylation is 1. The molecule has 1 aromatic carbocycles. The Morgan fingerprint density at radius 1 is 1.32 bits per heavy atom. The van der Waals surface area contributed by atoms with E-state index in [9.17, 15) is 5.11 Å². The zero-order valence-corrected chi connectivity index (χ0v) is 18.8. The number of aliphatic imine (C=N–C) groups is 1. The number of rotatable bonds is 6. The van der Waals surface area contributed by atoms with Gasteiger partial charge in [0.25, 0.3) is 0 Å². The maximum atomic E-state index is 10.9. The molecule has 0 spiro atoms. The van der Waals surface area contributed by atoms with Gasteiger partial charge in [-0.25, -0.2) is 4.99 Å². The summed E-state index contributed by atoms with van der Waals surface area (Å²) < 4.78 is 7.71. The average Bonchev–Trinajstić information content (AvgIpc) is 3.42. The molecule has 0 saturated heterocycles. The van der Waals surface area contributed by atoms with E-state index >= 15 is 0 Å². The minimum Gasteiger partial charge on any atom is -0.493 e. The Kier molecular flexibility index (Phi) is 6.24. The molecular formula is C22H28N6O2S. The van der Waals surface area contributed by atoms with Crippen molar-refractivity contribution in [2.24, 2.45) is 12.0 Å². The summed E-state index contributed by atoms with van der Waals surface area (Å²) in [5.41, 5.74) is 0.0914. The largest absolute Gasteiger partial charge is 0.493 e. The summed E-state index contributed by atoms with van der Waals surface area (Å²) in [6.45, 7) is 5.05. The first-order valence-corrected chi connectivity index (χ1v) is 11.2. The SMILES string of the molecule is Cc1nnc(CN=C(NCC(C)(O)c2cccs2)NC2CCOc3ccccc32)n1C. The zero-order valence-electron chi connectivity index (χ0n) is 18.0. The van der Waals surface area contributed by atoms with Gasteiger partial charge in [0.2, 0.25) is 0 Å². The molecule has 4 rings (SSSR count). The highest BCUT2D eigenvalue weighted by atomic mass is 32.1. The maximum Gasteiger partial charge on any atom is 0.192 e. The predicted octanol–water partition coefficient (Wildman–Crippen LogP) is 2.65. The van der Waals surface area contributed by atoms with Crippen LogP contribution in [0.15, 0.2) is 46.8 Å². The lowest BCUT2D eigenvalue weighted by molar-refractivity contribution is 0.0654. The monoisotopic (exact) mass is 440 g/mol.